The van der Waals surface area contributed by atoms with Gasteiger partial charge in [0.25, 0.3) is 0 Å². The predicted octanol–water partition coefficient (Wildman–Crippen LogP) is 13.4. The largest absolute Gasteiger partial charge is 0.308 e. The van der Waals surface area contributed by atoms with Gasteiger partial charge in [-0.2, -0.15) is 10.5 Å². The summed E-state index contributed by atoms with van der Waals surface area (Å²) in [5.41, 5.74) is 13.4. The van der Waals surface area contributed by atoms with Gasteiger partial charge < -0.3 is 9.13 Å². The van der Waals surface area contributed by atoms with Crippen LogP contribution in [0.5, 0.6) is 0 Å². The van der Waals surface area contributed by atoms with E-state index in [1.807, 2.05) is 36.4 Å². The fraction of sp³-hybridized carbons (Fsp3) is 0.0385. The van der Waals surface area contributed by atoms with Crippen molar-refractivity contribution in [3.8, 4) is 56.9 Å². The molecule has 0 radical (unpaired) electrons. The quantitative estimate of drug-likeness (QED) is 0.177. The van der Waals surface area contributed by atoms with Crippen molar-refractivity contribution in [2.45, 2.75) is 13.8 Å². The van der Waals surface area contributed by atoms with E-state index in [-0.39, 0.29) is 5.56 Å². The molecule has 0 saturated heterocycles. The molecule has 0 aliphatic rings. The maximum Gasteiger partial charge on any atom is 0.132 e. The normalized spacial score (nSPS) is 11.4. The highest BCUT2D eigenvalue weighted by atomic mass is 19.1. The summed E-state index contributed by atoms with van der Waals surface area (Å²) in [6.45, 7) is 4.17. The van der Waals surface area contributed by atoms with E-state index in [1.165, 1.54) is 17.2 Å². The highest BCUT2D eigenvalue weighted by Gasteiger charge is 2.25. The van der Waals surface area contributed by atoms with Crippen LogP contribution in [0, 0.1) is 42.3 Å². The highest BCUT2D eigenvalue weighted by molar-refractivity contribution is 6.13. The number of rotatable bonds is 5. The Balaban J connectivity index is 1.32. The van der Waals surface area contributed by atoms with Crippen LogP contribution in [0.15, 0.2) is 164 Å². The van der Waals surface area contributed by atoms with Gasteiger partial charge in [0.15, 0.2) is 0 Å². The number of nitrogens with zero attached hydrogens (tertiary/aromatic N) is 4. The molecular formula is C52H33FN4. The summed E-state index contributed by atoms with van der Waals surface area (Å²) in [6, 6.07) is 59.3. The zero-order valence-corrected chi connectivity index (χ0v) is 31.3. The fourth-order valence-corrected chi connectivity index (χ4v) is 8.41. The van der Waals surface area contributed by atoms with Gasteiger partial charge in [-0.05, 0) is 103 Å². The van der Waals surface area contributed by atoms with Crippen LogP contribution in [0.3, 0.4) is 0 Å². The third-order valence-corrected chi connectivity index (χ3v) is 11.2. The maximum atomic E-state index is 16.7. The molecule has 0 spiro atoms. The number of halogens is 1. The average molecular weight is 733 g/mol. The molecule has 2 heterocycles. The van der Waals surface area contributed by atoms with Crippen LogP contribution in [-0.4, -0.2) is 9.13 Å². The molecule has 0 aliphatic carbocycles. The Morgan fingerprint density at radius 3 is 1.32 bits per heavy atom. The number of aryl methyl sites for hydroxylation is 2. The standard InChI is InChI=1S/C52H33FN4/c1-32-11-16-36(17-12-32)38-20-23-48-43(28-38)40-7-3-5-9-46(40)56(48)50-26-35(31-55)27-51(52(50)42-22-15-34(30-54)25-45(42)53)57-47-10-6-4-8-41(47)44-29-39(21-24-49(44)57)37-18-13-33(2)14-19-37/h3-29H,1-2H3. The second kappa shape index (κ2) is 13.2. The van der Waals surface area contributed by atoms with Crippen molar-refractivity contribution in [3.05, 3.63) is 192 Å². The molecule has 57 heavy (non-hydrogen) atoms. The molecule has 0 unspecified atom stereocenters. The summed E-state index contributed by atoms with van der Waals surface area (Å²) in [7, 11) is 0. The van der Waals surface area contributed by atoms with E-state index in [4.69, 9.17) is 0 Å². The van der Waals surface area contributed by atoms with Crippen LogP contribution in [0.4, 0.5) is 4.39 Å². The lowest BCUT2D eigenvalue weighted by Crippen LogP contribution is -2.06. The molecule has 0 amide bonds. The van der Waals surface area contributed by atoms with Crippen LogP contribution < -0.4 is 0 Å². The maximum absolute atomic E-state index is 16.7. The van der Waals surface area contributed by atoms with Gasteiger partial charge >= 0.3 is 0 Å². The molecule has 0 saturated carbocycles. The van der Waals surface area contributed by atoms with Crippen molar-refractivity contribution in [3.63, 3.8) is 0 Å². The lowest BCUT2D eigenvalue weighted by Gasteiger charge is -2.21. The highest BCUT2D eigenvalue weighted by Crippen LogP contribution is 2.44. The zero-order valence-electron chi connectivity index (χ0n) is 31.3. The first-order valence-corrected chi connectivity index (χ1v) is 18.9. The van der Waals surface area contributed by atoms with Gasteiger partial charge in [0, 0.05) is 32.7 Å². The van der Waals surface area contributed by atoms with Crippen LogP contribution in [0.2, 0.25) is 0 Å². The van der Waals surface area contributed by atoms with Crippen LogP contribution >= 0.6 is 0 Å². The molecule has 0 bridgehead atoms. The van der Waals surface area contributed by atoms with E-state index >= 15 is 4.39 Å². The van der Waals surface area contributed by atoms with E-state index in [0.29, 0.717) is 28.1 Å². The van der Waals surface area contributed by atoms with E-state index in [2.05, 4.69) is 144 Å². The lowest BCUT2D eigenvalue weighted by atomic mass is 9.96. The van der Waals surface area contributed by atoms with Crippen molar-refractivity contribution in [2.24, 2.45) is 0 Å². The van der Waals surface area contributed by atoms with E-state index in [1.54, 1.807) is 12.1 Å². The molecule has 10 rings (SSSR count). The Kier molecular flexibility index (Phi) is 7.85. The molecule has 0 atom stereocenters. The van der Waals surface area contributed by atoms with E-state index in [9.17, 15) is 10.5 Å². The summed E-state index contributed by atoms with van der Waals surface area (Å²) in [5.74, 6) is -0.522. The number of para-hydroxylation sites is 2. The monoisotopic (exact) mass is 732 g/mol. The van der Waals surface area contributed by atoms with Gasteiger partial charge in [-0.3, -0.25) is 0 Å². The van der Waals surface area contributed by atoms with Crippen LogP contribution in [-0.2, 0) is 0 Å². The molecule has 8 aromatic carbocycles. The molecule has 0 fully saturated rings. The lowest BCUT2D eigenvalue weighted by molar-refractivity contribution is 0.630. The molecular weight excluding hydrogens is 700 g/mol. The zero-order chi connectivity index (χ0) is 38.8. The van der Waals surface area contributed by atoms with Crippen molar-refractivity contribution in [1.82, 2.24) is 9.13 Å². The third kappa shape index (κ3) is 5.48. The summed E-state index contributed by atoms with van der Waals surface area (Å²) >= 11 is 0. The van der Waals surface area contributed by atoms with Crippen LogP contribution in [0.1, 0.15) is 22.3 Å². The molecule has 10 aromatic rings. The topological polar surface area (TPSA) is 57.4 Å². The van der Waals surface area contributed by atoms with Crippen molar-refractivity contribution >= 4 is 43.6 Å². The van der Waals surface area contributed by atoms with Crippen molar-refractivity contribution in [1.29, 1.82) is 10.5 Å². The molecule has 2 aromatic heterocycles. The Morgan fingerprint density at radius 2 is 0.860 bits per heavy atom. The third-order valence-electron chi connectivity index (χ3n) is 11.2. The van der Waals surface area contributed by atoms with Gasteiger partial charge in [-0.1, -0.05) is 108 Å². The second-order valence-electron chi connectivity index (χ2n) is 14.7. The minimum Gasteiger partial charge on any atom is -0.308 e. The first kappa shape index (κ1) is 33.8. The first-order chi connectivity index (χ1) is 27.9. The van der Waals surface area contributed by atoms with Gasteiger partial charge in [-0.25, -0.2) is 4.39 Å². The Hall–Kier alpha value is -7.73. The van der Waals surface area contributed by atoms with Gasteiger partial charge in [-0.15, -0.1) is 0 Å². The fourth-order valence-electron chi connectivity index (χ4n) is 8.41. The molecule has 268 valence electrons. The number of fused-ring (bicyclic) bond motifs is 6. The van der Waals surface area contributed by atoms with Gasteiger partial charge in [0.2, 0.25) is 0 Å². The first-order valence-electron chi connectivity index (χ1n) is 18.9. The number of hydrogen-bond donors (Lipinski definition) is 0. The predicted molar refractivity (Wildman–Crippen MR) is 230 cm³/mol. The minimum absolute atomic E-state index is 0.231. The molecule has 4 nitrogen and oxygen atoms in total. The van der Waals surface area contributed by atoms with Crippen LogP contribution in [0.25, 0.3) is 88.4 Å². The summed E-state index contributed by atoms with van der Waals surface area (Å²) in [6.07, 6.45) is 0. The smallest absolute Gasteiger partial charge is 0.132 e. The number of nitriles is 2. The molecule has 0 N–H and O–H groups in total. The minimum atomic E-state index is -0.522. The Labute approximate surface area is 329 Å². The summed E-state index contributed by atoms with van der Waals surface area (Å²) in [4.78, 5) is 0. The van der Waals surface area contributed by atoms with E-state index in [0.717, 1.165) is 65.9 Å². The summed E-state index contributed by atoms with van der Waals surface area (Å²) < 4.78 is 21.0. The molecule has 5 heteroatoms. The van der Waals surface area contributed by atoms with Gasteiger partial charge in [0.05, 0.1) is 56.7 Å². The number of benzene rings is 8. The number of aromatic nitrogens is 2. The Morgan fingerprint density at radius 1 is 0.421 bits per heavy atom. The molecule has 0 aliphatic heterocycles. The van der Waals surface area contributed by atoms with Crippen molar-refractivity contribution in [2.75, 3.05) is 0 Å². The SMILES string of the molecule is Cc1ccc(-c2ccc3c(c2)c2ccccc2n3-c2cc(C#N)cc(-n3c4ccccc4c4cc(-c5ccc(C)cc5)ccc43)c2-c2ccc(C#N)cc2F)cc1. The average Bonchev–Trinajstić information content (AvgIpc) is 3.76. The second-order valence-corrected chi connectivity index (χ2v) is 14.7. The Bertz CT molecular complexity index is 3150. The number of hydrogen-bond acceptors (Lipinski definition) is 2. The van der Waals surface area contributed by atoms with Gasteiger partial charge in [0.1, 0.15) is 5.82 Å². The van der Waals surface area contributed by atoms with E-state index < -0.39 is 5.82 Å². The van der Waals surface area contributed by atoms with Crippen molar-refractivity contribution < 1.29 is 4.39 Å². The summed E-state index contributed by atoms with van der Waals surface area (Å²) in [5, 5.41) is 24.6.